The van der Waals surface area contributed by atoms with Gasteiger partial charge in [0.1, 0.15) is 6.61 Å². The number of nitrogens with two attached hydrogens (primary N) is 1. The van der Waals surface area contributed by atoms with Crippen LogP contribution in [0.4, 0.5) is 0 Å². The molecule has 5 nitrogen and oxygen atoms in total. The molecule has 1 saturated heterocycles. The molecule has 1 aliphatic rings. The second-order valence-electron chi connectivity index (χ2n) is 3.82. The van der Waals surface area contributed by atoms with E-state index in [0.29, 0.717) is 19.1 Å². The molecule has 0 radical (unpaired) electrons. The average molecular weight is 216 g/mol. The third kappa shape index (κ3) is 4.59. The molecule has 1 aliphatic heterocycles. The Morgan fingerprint density at radius 1 is 1.73 bits per heavy atom. The molecule has 1 heterocycles. The molecule has 2 unspecified atom stereocenters. The summed E-state index contributed by atoms with van der Waals surface area (Å²) in [7, 11) is 0. The molecular formula is C10H20N2O3. The van der Waals surface area contributed by atoms with E-state index in [2.05, 4.69) is 5.32 Å². The van der Waals surface area contributed by atoms with Gasteiger partial charge < -0.3 is 20.5 Å². The third-order valence-electron chi connectivity index (χ3n) is 2.56. The maximum absolute atomic E-state index is 11.4. The zero-order valence-corrected chi connectivity index (χ0v) is 9.20. The van der Waals surface area contributed by atoms with Gasteiger partial charge in [0, 0.05) is 25.1 Å². The maximum atomic E-state index is 11.4. The van der Waals surface area contributed by atoms with E-state index in [4.69, 9.17) is 15.2 Å². The number of hydrogen-bond donors (Lipinski definition) is 2. The zero-order chi connectivity index (χ0) is 11.1. The van der Waals surface area contributed by atoms with Crippen LogP contribution in [-0.4, -0.2) is 44.9 Å². The Bertz CT molecular complexity index is 193. The summed E-state index contributed by atoms with van der Waals surface area (Å²) < 4.78 is 10.3. The fourth-order valence-corrected chi connectivity index (χ4v) is 1.61. The van der Waals surface area contributed by atoms with E-state index in [9.17, 15) is 4.79 Å². The number of carbonyl (C=O) groups excluding carboxylic acids is 1. The van der Waals surface area contributed by atoms with Gasteiger partial charge in [0.2, 0.25) is 5.91 Å². The van der Waals surface area contributed by atoms with Crippen molar-refractivity contribution in [3.8, 4) is 0 Å². The SMILES string of the molecule is CC(NC(=O)COCCN)C1CCOC1. The molecule has 88 valence electrons. The molecule has 1 rings (SSSR count). The van der Waals surface area contributed by atoms with Gasteiger partial charge in [0.25, 0.3) is 0 Å². The van der Waals surface area contributed by atoms with Crippen LogP contribution in [0.15, 0.2) is 0 Å². The second kappa shape index (κ2) is 6.76. The van der Waals surface area contributed by atoms with Gasteiger partial charge in [-0.1, -0.05) is 0 Å². The topological polar surface area (TPSA) is 73.6 Å². The average Bonchev–Trinajstić information content (AvgIpc) is 2.70. The minimum atomic E-state index is -0.0807. The number of amides is 1. The Morgan fingerprint density at radius 3 is 3.13 bits per heavy atom. The summed E-state index contributed by atoms with van der Waals surface area (Å²) in [5.41, 5.74) is 5.24. The molecule has 15 heavy (non-hydrogen) atoms. The predicted molar refractivity (Wildman–Crippen MR) is 56.4 cm³/mol. The number of ether oxygens (including phenoxy) is 2. The Balaban J connectivity index is 2.13. The van der Waals surface area contributed by atoms with Crippen molar-refractivity contribution in [1.29, 1.82) is 0 Å². The van der Waals surface area contributed by atoms with Crippen molar-refractivity contribution in [2.75, 3.05) is 33.0 Å². The van der Waals surface area contributed by atoms with Crippen LogP contribution in [-0.2, 0) is 14.3 Å². The summed E-state index contributed by atoms with van der Waals surface area (Å²) in [4.78, 5) is 11.4. The molecule has 1 fully saturated rings. The summed E-state index contributed by atoms with van der Waals surface area (Å²) in [5.74, 6) is 0.353. The van der Waals surface area contributed by atoms with E-state index in [-0.39, 0.29) is 18.6 Å². The highest BCUT2D eigenvalue weighted by atomic mass is 16.5. The van der Waals surface area contributed by atoms with Gasteiger partial charge >= 0.3 is 0 Å². The van der Waals surface area contributed by atoms with Crippen molar-refractivity contribution < 1.29 is 14.3 Å². The first-order valence-electron chi connectivity index (χ1n) is 5.39. The lowest BCUT2D eigenvalue weighted by atomic mass is 10.0. The number of nitrogens with one attached hydrogen (secondary N) is 1. The standard InChI is InChI=1S/C10H20N2O3/c1-8(9-2-4-14-6-9)12-10(13)7-15-5-3-11/h8-9H,2-7,11H2,1H3,(H,12,13). The normalized spacial score (nSPS) is 22.7. The maximum Gasteiger partial charge on any atom is 0.246 e. The molecule has 0 bridgehead atoms. The second-order valence-corrected chi connectivity index (χ2v) is 3.82. The quantitative estimate of drug-likeness (QED) is 0.587. The lowest BCUT2D eigenvalue weighted by Gasteiger charge is -2.19. The van der Waals surface area contributed by atoms with Gasteiger partial charge in [-0.3, -0.25) is 4.79 Å². The van der Waals surface area contributed by atoms with Crippen molar-refractivity contribution in [3.05, 3.63) is 0 Å². The Labute approximate surface area is 90.3 Å². The van der Waals surface area contributed by atoms with E-state index in [0.717, 1.165) is 19.6 Å². The highest BCUT2D eigenvalue weighted by Gasteiger charge is 2.23. The molecule has 0 aromatic heterocycles. The van der Waals surface area contributed by atoms with Crippen molar-refractivity contribution >= 4 is 5.91 Å². The summed E-state index contributed by atoms with van der Waals surface area (Å²) in [6.07, 6.45) is 1.02. The van der Waals surface area contributed by atoms with Gasteiger partial charge in [-0.2, -0.15) is 0 Å². The smallest absolute Gasteiger partial charge is 0.246 e. The van der Waals surface area contributed by atoms with Crippen molar-refractivity contribution in [2.45, 2.75) is 19.4 Å². The van der Waals surface area contributed by atoms with Crippen LogP contribution in [0.25, 0.3) is 0 Å². The number of carbonyl (C=O) groups is 1. The highest BCUT2D eigenvalue weighted by molar-refractivity contribution is 5.77. The van der Waals surface area contributed by atoms with Crippen molar-refractivity contribution in [2.24, 2.45) is 11.7 Å². The lowest BCUT2D eigenvalue weighted by molar-refractivity contribution is -0.126. The predicted octanol–water partition coefficient (Wildman–Crippen LogP) is -0.497. The van der Waals surface area contributed by atoms with Crippen LogP contribution in [0.1, 0.15) is 13.3 Å². The minimum absolute atomic E-state index is 0.0807. The van der Waals surface area contributed by atoms with Crippen molar-refractivity contribution in [3.63, 3.8) is 0 Å². The van der Waals surface area contributed by atoms with Crippen LogP contribution in [0.3, 0.4) is 0 Å². The van der Waals surface area contributed by atoms with Crippen LogP contribution in [0.2, 0.25) is 0 Å². The van der Waals surface area contributed by atoms with Gasteiger partial charge in [-0.25, -0.2) is 0 Å². The first-order chi connectivity index (χ1) is 7.24. The summed E-state index contributed by atoms with van der Waals surface area (Å²) in [6, 6.07) is 0.154. The minimum Gasteiger partial charge on any atom is -0.381 e. The van der Waals surface area contributed by atoms with Crippen LogP contribution in [0.5, 0.6) is 0 Å². The largest absolute Gasteiger partial charge is 0.381 e. The summed E-state index contributed by atoms with van der Waals surface area (Å²) in [5, 5.41) is 2.90. The van der Waals surface area contributed by atoms with Crippen LogP contribution >= 0.6 is 0 Å². The molecule has 3 N–H and O–H groups in total. The van der Waals surface area contributed by atoms with E-state index < -0.39 is 0 Å². The van der Waals surface area contributed by atoms with E-state index in [1.54, 1.807) is 0 Å². The first kappa shape index (κ1) is 12.4. The van der Waals surface area contributed by atoms with Crippen LogP contribution in [0, 0.1) is 5.92 Å². The molecule has 0 aromatic rings. The molecule has 2 atom stereocenters. The Hall–Kier alpha value is -0.650. The molecule has 0 saturated carbocycles. The summed E-state index contributed by atoms with van der Waals surface area (Å²) in [6.45, 7) is 4.50. The molecule has 1 amide bonds. The van der Waals surface area contributed by atoms with Gasteiger partial charge in [-0.05, 0) is 13.3 Å². The first-order valence-corrected chi connectivity index (χ1v) is 5.39. The molecular weight excluding hydrogens is 196 g/mol. The fraction of sp³-hybridized carbons (Fsp3) is 0.900. The molecule has 0 aliphatic carbocycles. The summed E-state index contributed by atoms with van der Waals surface area (Å²) >= 11 is 0. The van der Waals surface area contributed by atoms with E-state index in [1.165, 1.54) is 0 Å². The number of hydrogen-bond acceptors (Lipinski definition) is 4. The molecule has 0 aromatic carbocycles. The number of rotatable bonds is 6. The molecule has 0 spiro atoms. The Morgan fingerprint density at radius 2 is 2.53 bits per heavy atom. The monoisotopic (exact) mass is 216 g/mol. The van der Waals surface area contributed by atoms with Crippen LogP contribution < -0.4 is 11.1 Å². The highest BCUT2D eigenvalue weighted by Crippen LogP contribution is 2.16. The van der Waals surface area contributed by atoms with Gasteiger partial charge in [-0.15, -0.1) is 0 Å². The van der Waals surface area contributed by atoms with E-state index >= 15 is 0 Å². The zero-order valence-electron chi connectivity index (χ0n) is 9.20. The van der Waals surface area contributed by atoms with Crippen molar-refractivity contribution in [1.82, 2.24) is 5.32 Å². The fourth-order valence-electron chi connectivity index (χ4n) is 1.61. The molecule has 5 heteroatoms. The van der Waals surface area contributed by atoms with Gasteiger partial charge in [0.15, 0.2) is 0 Å². The lowest BCUT2D eigenvalue weighted by Crippen LogP contribution is -2.40. The third-order valence-corrected chi connectivity index (χ3v) is 2.56. The van der Waals surface area contributed by atoms with E-state index in [1.807, 2.05) is 6.92 Å². The Kier molecular flexibility index (Phi) is 5.60. The van der Waals surface area contributed by atoms with Gasteiger partial charge in [0.05, 0.1) is 13.2 Å².